The molecule has 0 fully saturated rings. The normalized spacial score (nSPS) is 10.7. The molecule has 0 aliphatic carbocycles. The summed E-state index contributed by atoms with van der Waals surface area (Å²) in [4.78, 5) is 15.7. The summed E-state index contributed by atoms with van der Waals surface area (Å²) < 4.78 is 1.75. The van der Waals surface area contributed by atoms with Gasteiger partial charge in [0.2, 0.25) is 0 Å². The van der Waals surface area contributed by atoms with Gasteiger partial charge in [0.05, 0.1) is 5.69 Å². The molecule has 1 N–H and O–H groups in total. The third-order valence-electron chi connectivity index (χ3n) is 3.21. The van der Waals surface area contributed by atoms with Gasteiger partial charge in [0.25, 0.3) is 0 Å². The molecule has 0 saturated heterocycles. The quantitative estimate of drug-likeness (QED) is 0.843. The average Bonchev–Trinajstić information content (AvgIpc) is 2.61. The highest BCUT2D eigenvalue weighted by molar-refractivity contribution is 5.98. The standard InChI is InChI=1S/C14H16N2O2/c1-9-13(11(3)18)10(2)16(8-17)14(9)12-4-6-15-7-5-12/h4-7,17H,8H2,1-3H3. The number of nitrogens with zero attached hydrogens (tertiary/aromatic N) is 2. The van der Waals surface area contributed by atoms with E-state index in [1.54, 1.807) is 23.9 Å². The Kier molecular flexibility index (Phi) is 3.30. The van der Waals surface area contributed by atoms with Crippen molar-refractivity contribution in [3.63, 3.8) is 0 Å². The zero-order valence-electron chi connectivity index (χ0n) is 10.8. The van der Waals surface area contributed by atoms with Gasteiger partial charge in [0, 0.05) is 29.2 Å². The zero-order chi connectivity index (χ0) is 13.3. The van der Waals surface area contributed by atoms with Crippen LogP contribution in [0, 0.1) is 13.8 Å². The van der Waals surface area contributed by atoms with Crippen LogP contribution in [-0.4, -0.2) is 20.4 Å². The van der Waals surface area contributed by atoms with Gasteiger partial charge in [-0.15, -0.1) is 0 Å². The van der Waals surface area contributed by atoms with Gasteiger partial charge < -0.3 is 9.67 Å². The van der Waals surface area contributed by atoms with Gasteiger partial charge in [-0.1, -0.05) is 0 Å². The van der Waals surface area contributed by atoms with Gasteiger partial charge in [-0.25, -0.2) is 0 Å². The maximum atomic E-state index is 11.7. The van der Waals surface area contributed by atoms with Crippen molar-refractivity contribution in [1.82, 2.24) is 9.55 Å². The molecule has 2 aromatic rings. The van der Waals surface area contributed by atoms with Crippen LogP contribution in [0.2, 0.25) is 0 Å². The molecule has 0 aliphatic rings. The number of aliphatic hydroxyl groups is 1. The lowest BCUT2D eigenvalue weighted by Gasteiger charge is -2.08. The predicted molar refractivity (Wildman–Crippen MR) is 69.4 cm³/mol. The van der Waals surface area contributed by atoms with Crippen molar-refractivity contribution in [3.8, 4) is 11.3 Å². The number of pyridine rings is 1. The summed E-state index contributed by atoms with van der Waals surface area (Å²) in [6.07, 6.45) is 3.40. The van der Waals surface area contributed by atoms with E-state index in [-0.39, 0.29) is 12.5 Å². The van der Waals surface area contributed by atoms with Crippen LogP contribution in [-0.2, 0) is 6.73 Å². The van der Waals surface area contributed by atoms with Crippen LogP contribution >= 0.6 is 0 Å². The van der Waals surface area contributed by atoms with Crippen molar-refractivity contribution < 1.29 is 9.90 Å². The summed E-state index contributed by atoms with van der Waals surface area (Å²) in [6, 6.07) is 3.75. The molecule has 2 heterocycles. The van der Waals surface area contributed by atoms with E-state index in [1.807, 2.05) is 26.0 Å². The van der Waals surface area contributed by atoms with Crippen molar-refractivity contribution in [3.05, 3.63) is 41.3 Å². The second kappa shape index (κ2) is 4.74. The molecule has 0 aliphatic heterocycles. The zero-order valence-corrected chi connectivity index (χ0v) is 10.8. The first-order valence-electron chi connectivity index (χ1n) is 5.79. The minimum Gasteiger partial charge on any atom is -0.376 e. The van der Waals surface area contributed by atoms with Crippen LogP contribution in [0.1, 0.15) is 28.5 Å². The first-order chi connectivity index (χ1) is 8.57. The van der Waals surface area contributed by atoms with E-state index in [2.05, 4.69) is 4.98 Å². The Balaban J connectivity index is 2.75. The van der Waals surface area contributed by atoms with E-state index in [0.29, 0.717) is 5.56 Å². The van der Waals surface area contributed by atoms with Gasteiger partial charge >= 0.3 is 0 Å². The Morgan fingerprint density at radius 3 is 2.44 bits per heavy atom. The highest BCUT2D eigenvalue weighted by atomic mass is 16.3. The third-order valence-corrected chi connectivity index (χ3v) is 3.21. The van der Waals surface area contributed by atoms with Crippen LogP contribution in [0.4, 0.5) is 0 Å². The summed E-state index contributed by atoms with van der Waals surface area (Å²) in [5, 5.41) is 9.52. The molecular formula is C14H16N2O2. The van der Waals surface area contributed by atoms with Crippen LogP contribution in [0.3, 0.4) is 0 Å². The molecule has 0 unspecified atom stereocenters. The fourth-order valence-corrected chi connectivity index (χ4v) is 2.47. The van der Waals surface area contributed by atoms with Crippen molar-refractivity contribution in [2.24, 2.45) is 0 Å². The number of aliphatic hydroxyl groups excluding tert-OH is 1. The lowest BCUT2D eigenvalue weighted by molar-refractivity contribution is 0.101. The number of hydrogen-bond donors (Lipinski definition) is 1. The molecule has 0 aromatic carbocycles. The third kappa shape index (κ3) is 1.84. The predicted octanol–water partition coefficient (Wildman–Crippen LogP) is 2.32. The van der Waals surface area contributed by atoms with Crippen LogP contribution in [0.15, 0.2) is 24.5 Å². The molecular weight excluding hydrogens is 228 g/mol. The summed E-state index contributed by atoms with van der Waals surface area (Å²) in [5.74, 6) is 0.0208. The van der Waals surface area contributed by atoms with Gasteiger partial charge in [-0.05, 0) is 38.5 Å². The highest BCUT2D eigenvalue weighted by Gasteiger charge is 2.20. The van der Waals surface area contributed by atoms with Gasteiger partial charge in [0.1, 0.15) is 6.73 Å². The van der Waals surface area contributed by atoms with E-state index in [1.165, 1.54) is 0 Å². The Morgan fingerprint density at radius 2 is 1.94 bits per heavy atom. The van der Waals surface area contributed by atoms with Crippen molar-refractivity contribution in [1.29, 1.82) is 0 Å². The second-order valence-corrected chi connectivity index (χ2v) is 4.30. The number of Topliss-reactive ketones (excluding diaryl/α,β-unsaturated/α-hetero) is 1. The molecule has 0 spiro atoms. The fourth-order valence-electron chi connectivity index (χ4n) is 2.47. The number of ketones is 1. The van der Waals surface area contributed by atoms with E-state index >= 15 is 0 Å². The van der Waals surface area contributed by atoms with E-state index in [0.717, 1.165) is 22.5 Å². The molecule has 4 nitrogen and oxygen atoms in total. The fraction of sp³-hybridized carbons (Fsp3) is 0.286. The maximum absolute atomic E-state index is 11.7. The summed E-state index contributed by atoms with van der Waals surface area (Å²) in [6.45, 7) is 5.17. The molecule has 4 heteroatoms. The Bertz CT molecular complexity index is 586. The Labute approximate surface area is 106 Å². The van der Waals surface area contributed by atoms with Crippen LogP contribution in [0.5, 0.6) is 0 Å². The Hall–Kier alpha value is -1.94. The number of carbonyl (C=O) groups is 1. The van der Waals surface area contributed by atoms with Crippen LogP contribution < -0.4 is 0 Å². The first-order valence-corrected chi connectivity index (χ1v) is 5.79. The molecule has 0 atom stereocenters. The largest absolute Gasteiger partial charge is 0.376 e. The van der Waals surface area contributed by atoms with Gasteiger partial charge in [0.15, 0.2) is 5.78 Å². The molecule has 0 saturated carbocycles. The van der Waals surface area contributed by atoms with E-state index in [9.17, 15) is 9.90 Å². The van der Waals surface area contributed by atoms with E-state index in [4.69, 9.17) is 0 Å². The second-order valence-electron chi connectivity index (χ2n) is 4.30. The Morgan fingerprint density at radius 1 is 1.33 bits per heavy atom. The molecule has 0 amide bonds. The highest BCUT2D eigenvalue weighted by Crippen LogP contribution is 2.30. The summed E-state index contributed by atoms with van der Waals surface area (Å²) >= 11 is 0. The topological polar surface area (TPSA) is 55.1 Å². The number of hydrogen-bond acceptors (Lipinski definition) is 3. The van der Waals surface area contributed by atoms with E-state index < -0.39 is 0 Å². The maximum Gasteiger partial charge on any atom is 0.161 e. The molecule has 0 radical (unpaired) electrons. The van der Waals surface area contributed by atoms with Crippen molar-refractivity contribution >= 4 is 5.78 Å². The summed E-state index contributed by atoms with van der Waals surface area (Å²) in [5.41, 5.74) is 4.22. The molecule has 94 valence electrons. The number of carbonyl (C=O) groups excluding carboxylic acids is 1. The summed E-state index contributed by atoms with van der Waals surface area (Å²) in [7, 11) is 0. The number of rotatable bonds is 3. The van der Waals surface area contributed by atoms with Crippen LogP contribution in [0.25, 0.3) is 11.3 Å². The molecule has 2 rings (SSSR count). The van der Waals surface area contributed by atoms with Crippen molar-refractivity contribution in [2.45, 2.75) is 27.5 Å². The minimum atomic E-state index is -0.141. The molecule has 18 heavy (non-hydrogen) atoms. The monoisotopic (exact) mass is 244 g/mol. The minimum absolute atomic E-state index is 0.0208. The first kappa shape index (κ1) is 12.5. The smallest absolute Gasteiger partial charge is 0.161 e. The lowest BCUT2D eigenvalue weighted by atomic mass is 10.0. The molecule has 0 bridgehead atoms. The average molecular weight is 244 g/mol. The van der Waals surface area contributed by atoms with Gasteiger partial charge in [-0.3, -0.25) is 9.78 Å². The number of aromatic nitrogens is 2. The van der Waals surface area contributed by atoms with Gasteiger partial charge in [-0.2, -0.15) is 0 Å². The van der Waals surface area contributed by atoms with Crippen molar-refractivity contribution in [2.75, 3.05) is 0 Å². The lowest BCUT2D eigenvalue weighted by Crippen LogP contribution is -2.03. The SMILES string of the molecule is CC(=O)c1c(C)c(-c2ccncc2)n(CO)c1C. The molecule has 2 aromatic heterocycles.